The van der Waals surface area contributed by atoms with Gasteiger partial charge in [0.1, 0.15) is 5.82 Å². The Kier molecular flexibility index (Phi) is 6.29. The Hall–Kier alpha value is -3.17. The lowest BCUT2D eigenvalue weighted by molar-refractivity contribution is 0.732. The Morgan fingerprint density at radius 3 is 2.38 bits per heavy atom. The van der Waals surface area contributed by atoms with Gasteiger partial charge in [0.05, 0.1) is 22.3 Å². The number of rotatable bonds is 6. The number of halogens is 1. The zero-order chi connectivity index (χ0) is 22.8. The van der Waals surface area contributed by atoms with E-state index in [0.29, 0.717) is 44.3 Å². The summed E-state index contributed by atoms with van der Waals surface area (Å²) < 4.78 is 1.58. The first-order valence-corrected chi connectivity index (χ1v) is 11.4. The summed E-state index contributed by atoms with van der Waals surface area (Å²) >= 11 is 7.46. The lowest BCUT2D eigenvalue weighted by Crippen LogP contribution is -2.22. The largest absolute Gasteiger partial charge is 0.368 e. The second-order valence-corrected chi connectivity index (χ2v) is 8.73. The molecule has 0 amide bonds. The first-order chi connectivity index (χ1) is 15.4. The zero-order valence-corrected chi connectivity index (χ0v) is 19.2. The van der Waals surface area contributed by atoms with Gasteiger partial charge in [0.25, 0.3) is 5.56 Å². The van der Waals surface area contributed by atoms with Crippen LogP contribution in [0.3, 0.4) is 0 Å². The highest BCUT2D eigenvalue weighted by atomic mass is 35.5. The second kappa shape index (κ2) is 9.13. The summed E-state index contributed by atoms with van der Waals surface area (Å²) in [7, 11) is 0. The minimum atomic E-state index is -0.203. The van der Waals surface area contributed by atoms with Crippen LogP contribution >= 0.6 is 23.4 Å². The predicted molar refractivity (Wildman–Crippen MR) is 129 cm³/mol. The molecule has 164 valence electrons. The van der Waals surface area contributed by atoms with Crippen molar-refractivity contribution >= 4 is 46.2 Å². The van der Waals surface area contributed by atoms with Gasteiger partial charge in [-0.3, -0.25) is 9.36 Å². The monoisotopic (exact) mass is 467 g/mol. The fourth-order valence-corrected chi connectivity index (χ4v) is 4.34. The van der Waals surface area contributed by atoms with Crippen molar-refractivity contribution in [3.05, 3.63) is 69.2 Å². The van der Waals surface area contributed by atoms with Gasteiger partial charge in [-0.25, -0.2) is 4.98 Å². The van der Waals surface area contributed by atoms with Gasteiger partial charge in [0.15, 0.2) is 5.16 Å². The van der Waals surface area contributed by atoms with E-state index in [-0.39, 0.29) is 17.5 Å². The van der Waals surface area contributed by atoms with Crippen molar-refractivity contribution in [1.82, 2.24) is 24.5 Å². The van der Waals surface area contributed by atoms with Crippen LogP contribution in [0.4, 0.5) is 11.9 Å². The maximum Gasteiger partial charge on any atom is 0.266 e. The summed E-state index contributed by atoms with van der Waals surface area (Å²) in [4.78, 5) is 30.2. The lowest BCUT2D eigenvalue weighted by atomic mass is 9.98. The van der Waals surface area contributed by atoms with Gasteiger partial charge in [-0.05, 0) is 48.2 Å². The fourth-order valence-electron chi connectivity index (χ4n) is 3.30. The third-order valence-corrected chi connectivity index (χ3v) is 6.35. The molecule has 0 radical (unpaired) electrons. The molecule has 2 aromatic carbocycles. The van der Waals surface area contributed by atoms with Crippen molar-refractivity contribution < 1.29 is 0 Å². The molecule has 0 aliphatic rings. The van der Waals surface area contributed by atoms with E-state index in [0.717, 1.165) is 6.42 Å². The van der Waals surface area contributed by atoms with Gasteiger partial charge in [-0.2, -0.15) is 15.0 Å². The molecule has 4 N–H and O–H groups in total. The minimum Gasteiger partial charge on any atom is -0.368 e. The van der Waals surface area contributed by atoms with Gasteiger partial charge >= 0.3 is 0 Å². The Balaban J connectivity index is 1.81. The molecular weight excluding hydrogens is 446 g/mol. The molecule has 4 aromatic rings. The van der Waals surface area contributed by atoms with E-state index < -0.39 is 0 Å². The maximum absolute atomic E-state index is 13.5. The van der Waals surface area contributed by atoms with Crippen LogP contribution in [-0.4, -0.2) is 24.5 Å². The van der Waals surface area contributed by atoms with Gasteiger partial charge in [0, 0.05) is 5.02 Å². The standard InChI is InChI=1S/C22H22ClN7OS/c1-3-12(2)13-4-7-15(8-5-13)30-19(31)16-10-14(23)6-9-17(16)26-22(30)32-11-18-27-20(24)29-21(25)28-18/h4-10,12H,3,11H2,1-2H3,(H4,24,25,27,28,29)/t12-/m1/s1. The number of fused-ring (bicyclic) bond motifs is 1. The summed E-state index contributed by atoms with van der Waals surface area (Å²) in [5.41, 5.74) is 13.6. The van der Waals surface area contributed by atoms with Gasteiger partial charge < -0.3 is 11.5 Å². The highest BCUT2D eigenvalue weighted by Gasteiger charge is 2.15. The molecule has 0 unspecified atom stereocenters. The lowest BCUT2D eigenvalue weighted by Gasteiger charge is -2.15. The van der Waals surface area contributed by atoms with Crippen LogP contribution in [0.2, 0.25) is 5.02 Å². The topological polar surface area (TPSA) is 126 Å². The summed E-state index contributed by atoms with van der Waals surface area (Å²) in [5.74, 6) is 1.25. The number of hydrogen-bond acceptors (Lipinski definition) is 8. The third kappa shape index (κ3) is 4.53. The SMILES string of the molecule is CC[C@@H](C)c1ccc(-n2c(SCc3nc(N)nc(N)n3)nc3ccc(Cl)cc3c2=O)cc1. The van der Waals surface area contributed by atoms with Crippen molar-refractivity contribution in [2.75, 3.05) is 11.5 Å². The summed E-state index contributed by atoms with van der Waals surface area (Å²) in [6, 6.07) is 13.0. The molecule has 0 aliphatic carbocycles. The number of thioether (sulfide) groups is 1. The molecule has 10 heteroatoms. The van der Waals surface area contributed by atoms with Crippen LogP contribution in [0.1, 0.15) is 37.6 Å². The molecule has 8 nitrogen and oxygen atoms in total. The number of nitrogen functional groups attached to an aromatic ring is 2. The second-order valence-electron chi connectivity index (χ2n) is 7.35. The fraction of sp³-hybridized carbons (Fsp3) is 0.227. The molecule has 2 heterocycles. The number of hydrogen-bond donors (Lipinski definition) is 2. The van der Waals surface area contributed by atoms with Crippen LogP contribution in [0.25, 0.3) is 16.6 Å². The molecule has 1 atom stereocenters. The number of benzene rings is 2. The normalized spacial score (nSPS) is 12.2. The maximum atomic E-state index is 13.5. The number of aromatic nitrogens is 5. The van der Waals surface area contributed by atoms with Crippen LogP contribution in [0, 0.1) is 0 Å². The van der Waals surface area contributed by atoms with Crippen molar-refractivity contribution in [1.29, 1.82) is 0 Å². The molecule has 0 fully saturated rings. The van der Waals surface area contributed by atoms with E-state index in [4.69, 9.17) is 28.1 Å². The van der Waals surface area contributed by atoms with Crippen LogP contribution in [-0.2, 0) is 5.75 Å². The van der Waals surface area contributed by atoms with E-state index in [1.54, 1.807) is 22.8 Å². The van der Waals surface area contributed by atoms with E-state index >= 15 is 0 Å². The highest BCUT2D eigenvalue weighted by molar-refractivity contribution is 7.98. The summed E-state index contributed by atoms with van der Waals surface area (Å²) in [5, 5.41) is 1.42. The van der Waals surface area contributed by atoms with Crippen molar-refractivity contribution in [3.63, 3.8) is 0 Å². The Labute approximate surface area is 194 Å². The quantitative estimate of drug-likeness (QED) is 0.319. The molecule has 32 heavy (non-hydrogen) atoms. The average molecular weight is 468 g/mol. The van der Waals surface area contributed by atoms with Crippen molar-refractivity contribution in [3.8, 4) is 5.69 Å². The molecular formula is C22H22ClN7OS. The molecule has 0 bridgehead atoms. The Morgan fingerprint density at radius 2 is 1.72 bits per heavy atom. The van der Waals surface area contributed by atoms with Gasteiger partial charge in [-0.1, -0.05) is 49.3 Å². The molecule has 2 aromatic heterocycles. The molecule has 4 rings (SSSR count). The third-order valence-electron chi connectivity index (χ3n) is 5.18. The van der Waals surface area contributed by atoms with Crippen molar-refractivity contribution in [2.45, 2.75) is 37.1 Å². The Morgan fingerprint density at radius 1 is 1.03 bits per heavy atom. The first-order valence-electron chi connectivity index (χ1n) is 10.1. The highest BCUT2D eigenvalue weighted by Crippen LogP contribution is 2.26. The van der Waals surface area contributed by atoms with Gasteiger partial charge in [0.2, 0.25) is 11.9 Å². The molecule has 0 saturated carbocycles. The molecule has 0 spiro atoms. The Bertz CT molecular complexity index is 1320. The molecule has 0 saturated heterocycles. The minimum absolute atomic E-state index is 0.0484. The average Bonchev–Trinajstić information content (AvgIpc) is 2.77. The smallest absolute Gasteiger partial charge is 0.266 e. The number of nitrogens with two attached hydrogens (primary N) is 2. The van der Waals surface area contributed by atoms with Crippen LogP contribution < -0.4 is 17.0 Å². The van der Waals surface area contributed by atoms with E-state index in [2.05, 4.69) is 28.8 Å². The van der Waals surface area contributed by atoms with Crippen molar-refractivity contribution in [2.24, 2.45) is 0 Å². The van der Waals surface area contributed by atoms with Crippen LogP contribution in [0.5, 0.6) is 0 Å². The molecule has 0 aliphatic heterocycles. The van der Waals surface area contributed by atoms with E-state index in [9.17, 15) is 4.79 Å². The summed E-state index contributed by atoms with van der Waals surface area (Å²) in [6.07, 6.45) is 1.04. The van der Waals surface area contributed by atoms with Crippen LogP contribution in [0.15, 0.2) is 52.4 Å². The summed E-state index contributed by atoms with van der Waals surface area (Å²) in [6.45, 7) is 4.32. The van der Waals surface area contributed by atoms with Gasteiger partial charge in [-0.15, -0.1) is 0 Å². The van der Waals surface area contributed by atoms with E-state index in [1.165, 1.54) is 17.3 Å². The van der Waals surface area contributed by atoms with E-state index in [1.807, 2.05) is 24.3 Å². The number of anilines is 2. The predicted octanol–water partition coefficient (Wildman–Crippen LogP) is 4.19. The zero-order valence-electron chi connectivity index (χ0n) is 17.6. The number of nitrogens with zero attached hydrogens (tertiary/aromatic N) is 5. The first kappa shape index (κ1) is 22.0.